The molecule has 0 saturated heterocycles. The lowest BCUT2D eigenvalue weighted by atomic mass is 9.84. The Morgan fingerprint density at radius 2 is 1.89 bits per heavy atom. The van der Waals surface area contributed by atoms with Crippen molar-refractivity contribution in [2.75, 3.05) is 12.3 Å². The molecule has 3 heteroatoms. The molecule has 18 heavy (non-hydrogen) atoms. The fraction of sp³-hybridized carbons (Fsp3) is 0.333. The summed E-state index contributed by atoms with van der Waals surface area (Å²) in [5.74, 6) is 0. The number of nitrogens with two attached hydrogens (primary N) is 1. The van der Waals surface area contributed by atoms with Gasteiger partial charge in [0.15, 0.2) is 0 Å². The molecule has 2 rings (SSSR count). The second kappa shape index (κ2) is 5.55. The molecule has 2 nitrogen and oxygen atoms in total. The summed E-state index contributed by atoms with van der Waals surface area (Å²) in [6, 6.07) is 10.3. The monoisotopic (exact) mass is 260 g/mol. The molecule has 0 fully saturated rings. The third-order valence-electron chi connectivity index (χ3n) is 3.17. The first-order chi connectivity index (χ1) is 8.58. The highest BCUT2D eigenvalue weighted by Gasteiger charge is 2.19. The number of anilines is 1. The normalized spacial score (nSPS) is 11.7. The predicted octanol–water partition coefficient (Wildman–Crippen LogP) is 3.40. The van der Waals surface area contributed by atoms with Crippen LogP contribution in [0.1, 0.15) is 25.0 Å². The second-order valence-electron chi connectivity index (χ2n) is 5.24. The van der Waals surface area contributed by atoms with Gasteiger partial charge in [-0.05, 0) is 40.1 Å². The van der Waals surface area contributed by atoms with Crippen molar-refractivity contribution >= 4 is 17.0 Å². The average Bonchev–Trinajstić information content (AvgIpc) is 2.82. The molecular weight excluding hydrogens is 240 g/mol. The van der Waals surface area contributed by atoms with Crippen LogP contribution in [0, 0.1) is 0 Å². The lowest BCUT2D eigenvalue weighted by Gasteiger charge is -2.26. The minimum atomic E-state index is 0.115. The molecule has 0 aliphatic carbocycles. The molecule has 0 bridgehead atoms. The second-order valence-corrected chi connectivity index (χ2v) is 6.02. The Labute approximate surface area is 113 Å². The first-order valence-electron chi connectivity index (χ1n) is 6.16. The third-order valence-corrected chi connectivity index (χ3v) is 3.90. The number of rotatable bonds is 5. The van der Waals surface area contributed by atoms with E-state index in [0.29, 0.717) is 0 Å². The molecule has 96 valence electrons. The van der Waals surface area contributed by atoms with Crippen molar-refractivity contribution in [3.8, 4) is 0 Å². The molecule has 0 radical (unpaired) electrons. The van der Waals surface area contributed by atoms with Crippen molar-refractivity contribution in [1.82, 2.24) is 5.32 Å². The van der Waals surface area contributed by atoms with Gasteiger partial charge in [0, 0.05) is 24.2 Å². The number of thiophene rings is 1. The lowest BCUT2D eigenvalue weighted by Crippen LogP contribution is -2.32. The van der Waals surface area contributed by atoms with E-state index in [1.807, 2.05) is 12.1 Å². The summed E-state index contributed by atoms with van der Waals surface area (Å²) >= 11 is 1.74. The smallest absolute Gasteiger partial charge is 0.0314 e. The quantitative estimate of drug-likeness (QED) is 0.809. The molecule has 0 aliphatic heterocycles. The van der Waals surface area contributed by atoms with E-state index < -0.39 is 0 Å². The van der Waals surface area contributed by atoms with E-state index >= 15 is 0 Å². The maximum Gasteiger partial charge on any atom is 0.0314 e. The molecule has 0 unspecified atom stereocenters. The van der Waals surface area contributed by atoms with Gasteiger partial charge in [-0.2, -0.15) is 11.3 Å². The zero-order chi connectivity index (χ0) is 13.0. The Morgan fingerprint density at radius 1 is 1.17 bits per heavy atom. The highest BCUT2D eigenvalue weighted by molar-refractivity contribution is 7.07. The molecule has 3 N–H and O–H groups in total. The van der Waals surface area contributed by atoms with Crippen molar-refractivity contribution in [3.05, 3.63) is 52.2 Å². The van der Waals surface area contributed by atoms with Crippen LogP contribution in [0.4, 0.5) is 5.69 Å². The highest BCUT2D eigenvalue weighted by atomic mass is 32.1. The Hall–Kier alpha value is -1.32. The van der Waals surface area contributed by atoms with Crippen LogP contribution >= 0.6 is 11.3 Å². The fourth-order valence-corrected chi connectivity index (χ4v) is 2.62. The Bertz CT molecular complexity index is 472. The van der Waals surface area contributed by atoms with Gasteiger partial charge in [0.2, 0.25) is 0 Å². The van der Waals surface area contributed by atoms with Gasteiger partial charge in [-0.25, -0.2) is 0 Å². The fourth-order valence-electron chi connectivity index (χ4n) is 1.95. The molecular formula is C15H20N2S. The molecule has 1 heterocycles. The molecule has 0 amide bonds. The molecule has 1 aromatic heterocycles. The van der Waals surface area contributed by atoms with Gasteiger partial charge < -0.3 is 11.1 Å². The van der Waals surface area contributed by atoms with Gasteiger partial charge in [0.25, 0.3) is 0 Å². The average molecular weight is 260 g/mol. The van der Waals surface area contributed by atoms with Gasteiger partial charge >= 0.3 is 0 Å². The first-order valence-corrected chi connectivity index (χ1v) is 7.10. The molecule has 1 aromatic carbocycles. The summed E-state index contributed by atoms with van der Waals surface area (Å²) in [5, 5.41) is 7.81. The highest BCUT2D eigenvalue weighted by Crippen LogP contribution is 2.23. The largest absolute Gasteiger partial charge is 0.399 e. The maximum absolute atomic E-state index is 5.72. The van der Waals surface area contributed by atoms with Crippen molar-refractivity contribution < 1.29 is 0 Å². The van der Waals surface area contributed by atoms with Crippen molar-refractivity contribution in [2.45, 2.75) is 25.8 Å². The molecule has 0 saturated carbocycles. The van der Waals surface area contributed by atoms with Crippen LogP contribution in [0.2, 0.25) is 0 Å². The molecule has 2 aromatic rings. The van der Waals surface area contributed by atoms with Crippen LogP contribution in [0.5, 0.6) is 0 Å². The predicted molar refractivity (Wildman–Crippen MR) is 79.9 cm³/mol. The van der Waals surface area contributed by atoms with E-state index in [-0.39, 0.29) is 5.41 Å². The first kappa shape index (κ1) is 13.1. The van der Waals surface area contributed by atoms with E-state index in [1.165, 1.54) is 11.1 Å². The van der Waals surface area contributed by atoms with Gasteiger partial charge in [-0.15, -0.1) is 0 Å². The minimum Gasteiger partial charge on any atom is -0.399 e. The zero-order valence-corrected chi connectivity index (χ0v) is 11.8. The SMILES string of the molecule is CC(C)(CNCc1ccsc1)c1ccc(N)cc1. The van der Waals surface area contributed by atoms with E-state index in [0.717, 1.165) is 18.8 Å². The summed E-state index contributed by atoms with van der Waals surface area (Å²) in [6.45, 7) is 6.38. The lowest BCUT2D eigenvalue weighted by molar-refractivity contribution is 0.469. The summed E-state index contributed by atoms with van der Waals surface area (Å²) in [5.41, 5.74) is 9.32. The van der Waals surface area contributed by atoms with Gasteiger partial charge in [0.05, 0.1) is 0 Å². The van der Waals surface area contributed by atoms with Crippen LogP contribution in [-0.4, -0.2) is 6.54 Å². The standard InChI is InChI=1S/C15H20N2S/c1-15(2,13-3-5-14(16)6-4-13)11-17-9-12-7-8-18-10-12/h3-8,10,17H,9,11,16H2,1-2H3. The van der Waals surface area contributed by atoms with Crippen molar-refractivity contribution in [1.29, 1.82) is 0 Å². The van der Waals surface area contributed by atoms with Crippen molar-refractivity contribution in [3.63, 3.8) is 0 Å². The van der Waals surface area contributed by atoms with Crippen LogP contribution in [0.25, 0.3) is 0 Å². The number of benzene rings is 1. The molecule has 0 aliphatic rings. The van der Waals surface area contributed by atoms with E-state index in [2.05, 4.69) is 48.1 Å². The summed E-state index contributed by atoms with van der Waals surface area (Å²) < 4.78 is 0. The Morgan fingerprint density at radius 3 is 2.50 bits per heavy atom. The van der Waals surface area contributed by atoms with Crippen LogP contribution in [0.3, 0.4) is 0 Å². The van der Waals surface area contributed by atoms with Gasteiger partial charge in [-0.1, -0.05) is 26.0 Å². The molecule has 0 spiro atoms. The van der Waals surface area contributed by atoms with Crippen molar-refractivity contribution in [2.24, 2.45) is 0 Å². The van der Waals surface area contributed by atoms with E-state index in [9.17, 15) is 0 Å². The van der Waals surface area contributed by atoms with Gasteiger partial charge in [-0.3, -0.25) is 0 Å². The Balaban J connectivity index is 1.92. The van der Waals surface area contributed by atoms with E-state index in [4.69, 9.17) is 5.73 Å². The van der Waals surface area contributed by atoms with Crippen LogP contribution < -0.4 is 11.1 Å². The molecule has 0 atom stereocenters. The number of nitrogens with one attached hydrogen (secondary N) is 1. The Kier molecular flexibility index (Phi) is 4.04. The summed E-state index contributed by atoms with van der Waals surface area (Å²) in [6.07, 6.45) is 0. The third kappa shape index (κ3) is 3.34. The van der Waals surface area contributed by atoms with Gasteiger partial charge in [0.1, 0.15) is 0 Å². The summed E-state index contributed by atoms with van der Waals surface area (Å²) in [4.78, 5) is 0. The number of hydrogen-bond acceptors (Lipinski definition) is 3. The topological polar surface area (TPSA) is 38.0 Å². The maximum atomic E-state index is 5.72. The minimum absolute atomic E-state index is 0.115. The number of nitrogen functional groups attached to an aromatic ring is 1. The zero-order valence-electron chi connectivity index (χ0n) is 10.9. The van der Waals surface area contributed by atoms with E-state index in [1.54, 1.807) is 11.3 Å². The van der Waals surface area contributed by atoms with Crippen LogP contribution in [0.15, 0.2) is 41.1 Å². The summed E-state index contributed by atoms with van der Waals surface area (Å²) in [7, 11) is 0. The number of hydrogen-bond donors (Lipinski definition) is 2. The van der Waals surface area contributed by atoms with Crippen LogP contribution in [-0.2, 0) is 12.0 Å².